The zero-order valence-corrected chi connectivity index (χ0v) is 13.7. The van der Waals surface area contributed by atoms with E-state index in [-0.39, 0.29) is 23.5 Å². The number of hydrogen-bond acceptors (Lipinski definition) is 7. The Morgan fingerprint density at radius 1 is 1.50 bits per heavy atom. The van der Waals surface area contributed by atoms with Crippen LogP contribution in [-0.4, -0.2) is 54.8 Å². The summed E-state index contributed by atoms with van der Waals surface area (Å²) >= 11 is 0. The molecular weight excluding hydrogens is 316 g/mol. The SMILES string of the molecule is COCCn1ncc2c1COCC2CNC(=O)c1cc(OC)no1. The van der Waals surface area contributed by atoms with E-state index in [1.807, 2.05) is 10.9 Å². The van der Waals surface area contributed by atoms with Crippen molar-refractivity contribution < 1.29 is 23.5 Å². The minimum absolute atomic E-state index is 0.0406. The molecule has 1 amide bonds. The third-order valence-electron chi connectivity index (χ3n) is 3.92. The molecule has 0 saturated carbocycles. The van der Waals surface area contributed by atoms with Crippen LogP contribution < -0.4 is 10.1 Å². The first-order valence-corrected chi connectivity index (χ1v) is 7.63. The molecule has 3 heterocycles. The fourth-order valence-corrected chi connectivity index (χ4v) is 2.62. The number of carbonyl (C=O) groups excluding carboxylic acids is 1. The van der Waals surface area contributed by atoms with Crippen molar-refractivity contribution in [1.29, 1.82) is 0 Å². The molecule has 1 atom stereocenters. The van der Waals surface area contributed by atoms with Crippen LogP contribution in [0.3, 0.4) is 0 Å². The summed E-state index contributed by atoms with van der Waals surface area (Å²) in [6.07, 6.45) is 1.84. The van der Waals surface area contributed by atoms with Crippen LogP contribution >= 0.6 is 0 Å². The van der Waals surface area contributed by atoms with Crippen molar-refractivity contribution in [2.75, 3.05) is 34.0 Å². The predicted molar refractivity (Wildman–Crippen MR) is 81.9 cm³/mol. The summed E-state index contributed by atoms with van der Waals surface area (Å²) in [7, 11) is 3.12. The van der Waals surface area contributed by atoms with Crippen LogP contribution in [0.25, 0.3) is 0 Å². The zero-order valence-electron chi connectivity index (χ0n) is 13.7. The van der Waals surface area contributed by atoms with Gasteiger partial charge in [0.25, 0.3) is 11.8 Å². The summed E-state index contributed by atoms with van der Waals surface area (Å²) in [6, 6.07) is 1.45. The first-order valence-electron chi connectivity index (χ1n) is 7.63. The second-order valence-corrected chi connectivity index (χ2v) is 5.42. The summed E-state index contributed by atoms with van der Waals surface area (Å²) < 4.78 is 22.4. The maximum atomic E-state index is 12.1. The van der Waals surface area contributed by atoms with E-state index in [0.29, 0.717) is 32.9 Å². The monoisotopic (exact) mass is 336 g/mol. The van der Waals surface area contributed by atoms with E-state index in [0.717, 1.165) is 11.3 Å². The van der Waals surface area contributed by atoms with Gasteiger partial charge in [0, 0.05) is 25.1 Å². The number of rotatable bonds is 7. The molecule has 24 heavy (non-hydrogen) atoms. The molecule has 1 aliphatic heterocycles. The van der Waals surface area contributed by atoms with Crippen molar-refractivity contribution >= 4 is 5.91 Å². The molecule has 1 aliphatic rings. The van der Waals surface area contributed by atoms with E-state index in [2.05, 4.69) is 15.6 Å². The number of fused-ring (bicyclic) bond motifs is 1. The summed E-state index contributed by atoms with van der Waals surface area (Å²) in [5.41, 5.74) is 2.12. The minimum atomic E-state index is -0.343. The van der Waals surface area contributed by atoms with Gasteiger partial charge >= 0.3 is 0 Å². The van der Waals surface area contributed by atoms with E-state index in [4.69, 9.17) is 18.7 Å². The molecule has 0 aliphatic carbocycles. The Morgan fingerprint density at radius 3 is 3.12 bits per heavy atom. The molecule has 0 bridgehead atoms. The summed E-state index contributed by atoms with van der Waals surface area (Å²) in [5, 5.41) is 10.8. The number of nitrogens with zero attached hydrogens (tertiary/aromatic N) is 3. The number of ether oxygens (including phenoxy) is 3. The highest BCUT2D eigenvalue weighted by molar-refractivity contribution is 5.91. The van der Waals surface area contributed by atoms with Crippen molar-refractivity contribution in [3.8, 4) is 5.88 Å². The lowest BCUT2D eigenvalue weighted by atomic mass is 9.98. The summed E-state index contributed by atoms with van der Waals surface area (Å²) in [5.74, 6) is 0.0750. The van der Waals surface area contributed by atoms with Crippen molar-refractivity contribution in [2.45, 2.75) is 19.1 Å². The highest BCUT2D eigenvalue weighted by atomic mass is 16.5. The fraction of sp³-hybridized carbons (Fsp3) is 0.533. The van der Waals surface area contributed by atoms with Gasteiger partial charge in [-0.3, -0.25) is 9.48 Å². The molecule has 9 nitrogen and oxygen atoms in total. The number of nitrogens with one attached hydrogen (secondary N) is 1. The molecule has 0 spiro atoms. The van der Waals surface area contributed by atoms with Gasteiger partial charge in [-0.25, -0.2) is 0 Å². The topological polar surface area (TPSA) is 101 Å². The Kier molecular flexibility index (Phi) is 5.11. The average Bonchev–Trinajstić information content (AvgIpc) is 3.25. The summed E-state index contributed by atoms with van der Waals surface area (Å²) in [4.78, 5) is 12.1. The molecule has 130 valence electrons. The fourth-order valence-electron chi connectivity index (χ4n) is 2.62. The maximum absolute atomic E-state index is 12.1. The van der Waals surface area contributed by atoms with Crippen LogP contribution in [0.2, 0.25) is 0 Å². The first kappa shape index (κ1) is 16.5. The molecule has 1 unspecified atom stereocenters. The lowest BCUT2D eigenvalue weighted by molar-refractivity contribution is 0.0784. The summed E-state index contributed by atoms with van der Waals surface area (Å²) in [6.45, 7) is 2.73. The van der Waals surface area contributed by atoms with Crippen molar-refractivity contribution in [3.63, 3.8) is 0 Å². The normalized spacial score (nSPS) is 16.7. The van der Waals surface area contributed by atoms with Gasteiger partial charge in [-0.1, -0.05) is 0 Å². The smallest absolute Gasteiger partial charge is 0.290 e. The average molecular weight is 336 g/mol. The quantitative estimate of drug-likeness (QED) is 0.789. The maximum Gasteiger partial charge on any atom is 0.290 e. The molecule has 1 N–H and O–H groups in total. The zero-order chi connectivity index (χ0) is 16.9. The number of methoxy groups -OCH3 is 2. The van der Waals surface area contributed by atoms with Crippen LogP contribution in [0.4, 0.5) is 0 Å². The van der Waals surface area contributed by atoms with Gasteiger partial charge < -0.3 is 24.1 Å². The van der Waals surface area contributed by atoms with E-state index in [1.165, 1.54) is 13.2 Å². The number of aromatic nitrogens is 3. The van der Waals surface area contributed by atoms with Gasteiger partial charge in [0.15, 0.2) is 0 Å². The highest BCUT2D eigenvalue weighted by Gasteiger charge is 2.26. The third kappa shape index (κ3) is 3.41. The lowest BCUT2D eigenvalue weighted by Gasteiger charge is -2.23. The Balaban J connectivity index is 1.62. The van der Waals surface area contributed by atoms with Crippen molar-refractivity contribution in [1.82, 2.24) is 20.3 Å². The molecule has 9 heteroatoms. The van der Waals surface area contributed by atoms with Crippen LogP contribution in [0, 0.1) is 0 Å². The van der Waals surface area contributed by atoms with Gasteiger partial charge in [0.1, 0.15) is 0 Å². The van der Waals surface area contributed by atoms with E-state index < -0.39 is 0 Å². The van der Waals surface area contributed by atoms with E-state index in [9.17, 15) is 4.79 Å². The third-order valence-corrected chi connectivity index (χ3v) is 3.92. The van der Waals surface area contributed by atoms with Gasteiger partial charge in [-0.2, -0.15) is 5.10 Å². The van der Waals surface area contributed by atoms with Gasteiger partial charge in [0.05, 0.1) is 51.4 Å². The van der Waals surface area contributed by atoms with Crippen molar-refractivity contribution in [2.24, 2.45) is 0 Å². The molecule has 2 aromatic heterocycles. The van der Waals surface area contributed by atoms with Gasteiger partial charge in [0.2, 0.25) is 5.76 Å². The molecule has 0 fully saturated rings. The van der Waals surface area contributed by atoms with Crippen molar-refractivity contribution in [3.05, 3.63) is 29.3 Å². The van der Waals surface area contributed by atoms with Crippen LogP contribution in [0.1, 0.15) is 27.7 Å². The van der Waals surface area contributed by atoms with Crippen LogP contribution in [0.5, 0.6) is 5.88 Å². The van der Waals surface area contributed by atoms with Crippen LogP contribution in [0.15, 0.2) is 16.8 Å². The van der Waals surface area contributed by atoms with Gasteiger partial charge in [-0.15, -0.1) is 0 Å². The Bertz CT molecular complexity index is 696. The minimum Gasteiger partial charge on any atom is -0.479 e. The molecule has 3 rings (SSSR count). The number of hydrogen-bond donors (Lipinski definition) is 1. The second kappa shape index (κ2) is 7.45. The molecule has 2 aromatic rings. The predicted octanol–water partition coefficient (Wildman–Crippen LogP) is 0.570. The van der Waals surface area contributed by atoms with E-state index in [1.54, 1.807) is 7.11 Å². The second-order valence-electron chi connectivity index (χ2n) is 5.42. The Morgan fingerprint density at radius 2 is 2.38 bits per heavy atom. The molecule has 0 saturated heterocycles. The van der Waals surface area contributed by atoms with E-state index >= 15 is 0 Å². The number of carbonyl (C=O) groups is 1. The molecule has 0 radical (unpaired) electrons. The highest BCUT2D eigenvalue weighted by Crippen LogP contribution is 2.26. The Hall–Kier alpha value is -2.39. The standard InChI is InChI=1S/C15H20N4O5/c1-21-4-3-19-12-9-23-8-10(11(12)7-17-19)6-16-15(20)13-5-14(22-2)18-24-13/h5,7,10H,3-4,6,8-9H2,1-2H3,(H,16,20). The first-order chi connectivity index (χ1) is 11.7. The van der Waals surface area contributed by atoms with Crippen LogP contribution in [-0.2, 0) is 22.6 Å². The largest absolute Gasteiger partial charge is 0.479 e. The lowest BCUT2D eigenvalue weighted by Crippen LogP contribution is -2.32. The molecule has 0 aromatic carbocycles. The van der Waals surface area contributed by atoms with Gasteiger partial charge in [-0.05, 0) is 5.16 Å². The molecular formula is C15H20N4O5. The Labute approximate surface area is 138 Å². The number of amides is 1.